The molecule has 1 saturated heterocycles. The Hall–Kier alpha value is -3.22. The van der Waals surface area contributed by atoms with Crippen LogP contribution in [-0.4, -0.2) is 47.8 Å². The second-order valence-electron chi connectivity index (χ2n) is 8.17. The Labute approximate surface area is 175 Å². The zero-order valence-electron chi connectivity index (χ0n) is 16.9. The van der Waals surface area contributed by atoms with Gasteiger partial charge in [-0.25, -0.2) is 0 Å². The molecule has 1 aromatic carbocycles. The smallest absolute Gasteiger partial charge is 0.233 e. The lowest BCUT2D eigenvalue weighted by molar-refractivity contribution is -0.140. The Kier molecular flexibility index (Phi) is 4.73. The summed E-state index contributed by atoms with van der Waals surface area (Å²) in [6, 6.07) is 10.1. The summed E-state index contributed by atoms with van der Waals surface area (Å²) in [6.45, 7) is 1.41. The first kappa shape index (κ1) is 18.8. The molecule has 2 aliphatic carbocycles. The molecule has 2 amide bonds. The van der Waals surface area contributed by atoms with Crippen LogP contribution in [0, 0.1) is 23.7 Å². The number of likely N-dealkylation sites (tertiary alicyclic amines) is 1. The normalized spacial score (nSPS) is 27.2. The van der Waals surface area contributed by atoms with Gasteiger partial charge in [0.25, 0.3) is 0 Å². The molecular formula is C23H25N5O2. The van der Waals surface area contributed by atoms with E-state index in [1.807, 2.05) is 30.3 Å². The first-order chi connectivity index (χ1) is 14.7. The van der Waals surface area contributed by atoms with E-state index < -0.39 is 0 Å². The highest BCUT2D eigenvalue weighted by molar-refractivity contribution is 6.06. The van der Waals surface area contributed by atoms with Crippen LogP contribution in [0.2, 0.25) is 0 Å². The first-order valence-electron chi connectivity index (χ1n) is 10.5. The molecule has 3 aliphatic rings. The number of fused-ring (bicyclic) bond motifs is 6. The quantitative estimate of drug-likeness (QED) is 0.344. The zero-order valence-corrected chi connectivity index (χ0v) is 16.9. The predicted molar refractivity (Wildman–Crippen MR) is 114 cm³/mol. The number of rotatable bonds is 5. The summed E-state index contributed by atoms with van der Waals surface area (Å²) in [5.74, 6) is 0.842. The topological polar surface area (TPSA) is 86.7 Å². The minimum atomic E-state index is -0.135. The SMILES string of the molecule is CN=C(NCCN1C(=O)C2C3C=CC(C3)C2C1=O)NCc1cccc2cccnc12. The van der Waals surface area contributed by atoms with Crippen molar-refractivity contribution >= 4 is 28.7 Å². The number of nitrogens with one attached hydrogen (secondary N) is 2. The number of allylic oxidation sites excluding steroid dienone is 2. The van der Waals surface area contributed by atoms with Gasteiger partial charge in [-0.3, -0.25) is 24.5 Å². The molecule has 0 spiro atoms. The number of aliphatic imine (C=N–C) groups is 1. The molecule has 2 bridgehead atoms. The Morgan fingerprint density at radius 3 is 2.57 bits per heavy atom. The number of carbonyl (C=O) groups is 2. The fourth-order valence-corrected chi connectivity index (χ4v) is 5.18. The van der Waals surface area contributed by atoms with E-state index in [9.17, 15) is 9.59 Å². The summed E-state index contributed by atoms with van der Waals surface area (Å²) >= 11 is 0. The average molecular weight is 403 g/mol. The third kappa shape index (κ3) is 3.05. The van der Waals surface area contributed by atoms with Crippen LogP contribution in [0.4, 0.5) is 0 Å². The van der Waals surface area contributed by atoms with Gasteiger partial charge in [-0.1, -0.05) is 36.4 Å². The summed E-state index contributed by atoms with van der Waals surface area (Å²) in [6.07, 6.45) is 6.98. The van der Waals surface area contributed by atoms with Crippen molar-refractivity contribution in [2.24, 2.45) is 28.7 Å². The Bertz CT molecular complexity index is 1030. The fourth-order valence-electron chi connectivity index (χ4n) is 5.18. The molecule has 30 heavy (non-hydrogen) atoms. The molecule has 154 valence electrons. The van der Waals surface area contributed by atoms with Crippen LogP contribution in [0.15, 0.2) is 53.7 Å². The van der Waals surface area contributed by atoms with E-state index in [2.05, 4.69) is 32.8 Å². The molecule has 2 fully saturated rings. The number of aromatic nitrogens is 1. The molecule has 5 rings (SSSR count). The molecule has 4 atom stereocenters. The Morgan fingerprint density at radius 1 is 1.10 bits per heavy atom. The van der Waals surface area contributed by atoms with Gasteiger partial charge >= 0.3 is 0 Å². The van der Waals surface area contributed by atoms with E-state index in [0.717, 1.165) is 22.9 Å². The molecule has 4 unspecified atom stereocenters. The van der Waals surface area contributed by atoms with Crippen molar-refractivity contribution in [1.29, 1.82) is 0 Å². The van der Waals surface area contributed by atoms with Gasteiger partial charge in [-0.05, 0) is 29.9 Å². The number of hydrogen-bond donors (Lipinski definition) is 2. The molecule has 2 aromatic rings. The van der Waals surface area contributed by atoms with Crippen molar-refractivity contribution in [2.45, 2.75) is 13.0 Å². The van der Waals surface area contributed by atoms with Gasteiger partial charge in [-0.15, -0.1) is 0 Å². The number of carbonyl (C=O) groups excluding carboxylic acids is 2. The van der Waals surface area contributed by atoms with Crippen molar-refractivity contribution in [2.75, 3.05) is 20.1 Å². The van der Waals surface area contributed by atoms with E-state index in [1.54, 1.807) is 13.2 Å². The standard InChI is InChI=1S/C23H25N5O2/c1-24-23(27-13-17-5-2-4-14-6-3-9-25-20(14)17)26-10-11-28-21(29)18-15-7-8-16(12-15)19(18)22(28)30/h2-9,15-16,18-19H,10-13H2,1H3,(H2,24,26,27). The highest BCUT2D eigenvalue weighted by Gasteiger charge is 2.58. The van der Waals surface area contributed by atoms with Crippen LogP contribution in [0.25, 0.3) is 10.9 Å². The third-order valence-electron chi connectivity index (χ3n) is 6.58. The highest BCUT2D eigenvalue weighted by Crippen LogP contribution is 2.52. The van der Waals surface area contributed by atoms with E-state index >= 15 is 0 Å². The third-order valence-corrected chi connectivity index (χ3v) is 6.58. The van der Waals surface area contributed by atoms with Crippen molar-refractivity contribution in [3.63, 3.8) is 0 Å². The molecule has 7 heteroatoms. The van der Waals surface area contributed by atoms with Gasteiger partial charge in [0, 0.05) is 38.3 Å². The maximum Gasteiger partial charge on any atom is 0.233 e. The highest BCUT2D eigenvalue weighted by atomic mass is 16.2. The van der Waals surface area contributed by atoms with Crippen LogP contribution in [0.5, 0.6) is 0 Å². The van der Waals surface area contributed by atoms with Gasteiger partial charge in [0.15, 0.2) is 5.96 Å². The average Bonchev–Trinajstić information content (AvgIpc) is 3.45. The number of guanidine groups is 1. The van der Waals surface area contributed by atoms with Crippen LogP contribution in [0.3, 0.4) is 0 Å². The van der Waals surface area contributed by atoms with E-state index in [4.69, 9.17) is 0 Å². The minimum Gasteiger partial charge on any atom is -0.355 e. The van der Waals surface area contributed by atoms with Crippen molar-refractivity contribution in [3.05, 3.63) is 54.2 Å². The van der Waals surface area contributed by atoms with Crippen molar-refractivity contribution < 1.29 is 9.59 Å². The lowest BCUT2D eigenvalue weighted by Crippen LogP contribution is -2.43. The van der Waals surface area contributed by atoms with Crippen molar-refractivity contribution in [3.8, 4) is 0 Å². The number of pyridine rings is 1. The van der Waals surface area contributed by atoms with E-state index in [0.29, 0.717) is 25.6 Å². The number of para-hydroxylation sites is 1. The Balaban J connectivity index is 1.16. The maximum absolute atomic E-state index is 12.8. The van der Waals surface area contributed by atoms with Crippen LogP contribution < -0.4 is 10.6 Å². The van der Waals surface area contributed by atoms with Crippen LogP contribution >= 0.6 is 0 Å². The molecule has 7 nitrogen and oxygen atoms in total. The fraction of sp³-hybridized carbons (Fsp3) is 0.391. The maximum atomic E-state index is 12.8. The molecule has 1 saturated carbocycles. The Morgan fingerprint density at radius 2 is 1.83 bits per heavy atom. The summed E-state index contributed by atoms with van der Waals surface area (Å²) in [5.41, 5.74) is 2.04. The van der Waals surface area contributed by atoms with Crippen molar-refractivity contribution in [1.82, 2.24) is 20.5 Å². The van der Waals surface area contributed by atoms with Gasteiger partial charge in [0.2, 0.25) is 11.8 Å². The summed E-state index contributed by atoms with van der Waals surface area (Å²) in [7, 11) is 1.70. The van der Waals surface area contributed by atoms with Gasteiger partial charge in [0.1, 0.15) is 0 Å². The number of hydrogen-bond acceptors (Lipinski definition) is 4. The first-order valence-corrected chi connectivity index (χ1v) is 10.5. The lowest BCUT2D eigenvalue weighted by Gasteiger charge is -2.18. The van der Waals surface area contributed by atoms with Gasteiger partial charge in [0.05, 0.1) is 17.4 Å². The molecule has 2 heterocycles. The second-order valence-corrected chi connectivity index (χ2v) is 8.17. The second kappa shape index (κ2) is 7.55. The van der Waals surface area contributed by atoms with Gasteiger partial charge < -0.3 is 10.6 Å². The van der Waals surface area contributed by atoms with Gasteiger partial charge in [-0.2, -0.15) is 0 Å². The van der Waals surface area contributed by atoms with E-state index in [-0.39, 0.29) is 35.5 Å². The van der Waals surface area contributed by atoms with E-state index in [1.165, 1.54) is 4.90 Å². The number of amides is 2. The summed E-state index contributed by atoms with van der Waals surface area (Å²) < 4.78 is 0. The zero-order chi connectivity index (χ0) is 20.7. The molecule has 1 aliphatic heterocycles. The van der Waals surface area contributed by atoms with Crippen LogP contribution in [0.1, 0.15) is 12.0 Å². The molecule has 1 aromatic heterocycles. The number of benzene rings is 1. The molecular weight excluding hydrogens is 378 g/mol. The molecule has 0 radical (unpaired) electrons. The monoisotopic (exact) mass is 403 g/mol. The summed E-state index contributed by atoms with van der Waals surface area (Å²) in [4.78, 5) is 35.7. The molecule has 2 N–H and O–H groups in total. The largest absolute Gasteiger partial charge is 0.355 e. The minimum absolute atomic E-state index is 0.00609. The number of nitrogens with zero attached hydrogens (tertiary/aromatic N) is 3. The van der Waals surface area contributed by atoms with Crippen LogP contribution in [-0.2, 0) is 16.1 Å². The summed E-state index contributed by atoms with van der Waals surface area (Å²) in [5, 5.41) is 7.60. The lowest BCUT2D eigenvalue weighted by atomic mass is 9.85. The predicted octanol–water partition coefficient (Wildman–Crippen LogP) is 1.71. The number of imide groups is 1.